The highest BCUT2D eigenvalue weighted by molar-refractivity contribution is 9.10. The lowest BCUT2D eigenvalue weighted by molar-refractivity contribution is -0.113. The molecule has 140 valence electrons. The van der Waals surface area contributed by atoms with E-state index in [0.29, 0.717) is 5.16 Å². The fourth-order valence-electron chi connectivity index (χ4n) is 2.72. The van der Waals surface area contributed by atoms with E-state index in [2.05, 4.69) is 37.5 Å². The smallest absolute Gasteiger partial charge is 0.234 e. The van der Waals surface area contributed by atoms with Crippen LogP contribution < -0.4 is 5.32 Å². The van der Waals surface area contributed by atoms with Gasteiger partial charge in [-0.15, -0.1) is 10.2 Å². The van der Waals surface area contributed by atoms with Crippen molar-refractivity contribution < 1.29 is 4.79 Å². The average molecular weight is 445 g/mol. The van der Waals surface area contributed by atoms with E-state index in [1.54, 1.807) is 0 Å². The fraction of sp³-hybridized carbons (Fsp3) is 0.250. The topological polar surface area (TPSA) is 59.8 Å². The molecular formula is C20H21BrN4OS. The molecule has 27 heavy (non-hydrogen) atoms. The highest BCUT2D eigenvalue weighted by Crippen LogP contribution is 2.27. The molecular weight excluding hydrogens is 424 g/mol. The van der Waals surface area contributed by atoms with Crippen molar-refractivity contribution in [2.45, 2.75) is 25.9 Å². The molecule has 3 aromatic rings. The molecule has 0 bridgehead atoms. The number of benzene rings is 2. The Kier molecular flexibility index (Phi) is 6.01. The summed E-state index contributed by atoms with van der Waals surface area (Å²) < 4.78 is 2.96. The molecule has 0 aliphatic heterocycles. The van der Waals surface area contributed by atoms with E-state index >= 15 is 0 Å². The maximum atomic E-state index is 12.4. The predicted octanol–water partition coefficient (Wildman–Crippen LogP) is 4.90. The second-order valence-electron chi connectivity index (χ2n) is 6.42. The molecule has 0 saturated carbocycles. The lowest BCUT2D eigenvalue weighted by Crippen LogP contribution is -2.15. The number of hydrogen-bond donors (Lipinski definition) is 1. The number of nitrogens with zero attached hydrogens (tertiary/aromatic N) is 3. The maximum absolute atomic E-state index is 12.4. The summed E-state index contributed by atoms with van der Waals surface area (Å²) in [6, 6.07) is 12.0. The number of aromatic nitrogens is 3. The summed E-state index contributed by atoms with van der Waals surface area (Å²) in [4.78, 5) is 12.4. The molecule has 0 fully saturated rings. The van der Waals surface area contributed by atoms with E-state index in [4.69, 9.17) is 0 Å². The van der Waals surface area contributed by atoms with Gasteiger partial charge in [-0.25, -0.2) is 0 Å². The van der Waals surface area contributed by atoms with Gasteiger partial charge in [-0.2, -0.15) is 0 Å². The van der Waals surface area contributed by atoms with Gasteiger partial charge in [0.2, 0.25) is 5.91 Å². The zero-order valence-corrected chi connectivity index (χ0v) is 18.1. The van der Waals surface area contributed by atoms with Gasteiger partial charge < -0.3 is 9.88 Å². The van der Waals surface area contributed by atoms with Crippen LogP contribution in [-0.2, 0) is 11.8 Å². The summed E-state index contributed by atoms with van der Waals surface area (Å²) in [5, 5.41) is 12.2. The van der Waals surface area contributed by atoms with Crippen molar-refractivity contribution in [3.8, 4) is 11.4 Å². The van der Waals surface area contributed by atoms with Gasteiger partial charge in [0.1, 0.15) is 0 Å². The van der Waals surface area contributed by atoms with E-state index in [0.717, 1.165) is 32.7 Å². The number of halogens is 1. The van der Waals surface area contributed by atoms with E-state index in [1.807, 2.05) is 62.7 Å². The number of nitrogens with one attached hydrogen (secondary N) is 1. The number of thioether (sulfide) groups is 1. The van der Waals surface area contributed by atoms with Gasteiger partial charge in [-0.1, -0.05) is 51.5 Å². The summed E-state index contributed by atoms with van der Waals surface area (Å²) in [7, 11) is 1.92. The van der Waals surface area contributed by atoms with Crippen LogP contribution >= 0.6 is 27.7 Å². The van der Waals surface area contributed by atoms with Gasteiger partial charge in [0.15, 0.2) is 11.0 Å². The highest BCUT2D eigenvalue weighted by Gasteiger charge is 2.14. The largest absolute Gasteiger partial charge is 0.325 e. The minimum absolute atomic E-state index is 0.0649. The fourth-order valence-corrected chi connectivity index (χ4v) is 3.86. The number of carbonyl (C=O) groups excluding carboxylic acids is 1. The number of rotatable bonds is 5. The van der Waals surface area contributed by atoms with Crippen molar-refractivity contribution >= 4 is 39.3 Å². The summed E-state index contributed by atoms with van der Waals surface area (Å²) in [6.45, 7) is 6.07. The first-order valence-electron chi connectivity index (χ1n) is 8.51. The molecule has 1 aromatic heterocycles. The van der Waals surface area contributed by atoms with Crippen LogP contribution in [0.25, 0.3) is 11.4 Å². The Bertz CT molecular complexity index is 1000. The molecule has 3 rings (SSSR count). The van der Waals surface area contributed by atoms with Crippen LogP contribution in [0.3, 0.4) is 0 Å². The Morgan fingerprint density at radius 1 is 1.15 bits per heavy atom. The molecule has 1 amide bonds. The van der Waals surface area contributed by atoms with Crippen molar-refractivity contribution in [3.05, 3.63) is 57.6 Å². The second-order valence-corrected chi connectivity index (χ2v) is 8.21. The number of aryl methyl sites for hydroxylation is 1. The van der Waals surface area contributed by atoms with Gasteiger partial charge in [-0.05, 0) is 50.1 Å². The first-order chi connectivity index (χ1) is 12.9. The maximum Gasteiger partial charge on any atom is 0.234 e. The molecule has 0 atom stereocenters. The Labute approximate surface area is 171 Å². The van der Waals surface area contributed by atoms with E-state index in [1.165, 1.54) is 17.3 Å². The minimum atomic E-state index is -0.0649. The molecule has 1 N–H and O–H groups in total. The lowest BCUT2D eigenvalue weighted by atomic mass is 10.1. The van der Waals surface area contributed by atoms with Crippen LogP contribution in [0.2, 0.25) is 0 Å². The Hall–Kier alpha value is -2.12. The number of anilines is 1. The Morgan fingerprint density at radius 2 is 1.93 bits per heavy atom. The molecule has 0 aliphatic carbocycles. The summed E-state index contributed by atoms with van der Waals surface area (Å²) in [5.74, 6) is 1.000. The van der Waals surface area contributed by atoms with Gasteiger partial charge in [0.25, 0.3) is 0 Å². The molecule has 0 saturated heterocycles. The third kappa shape index (κ3) is 4.42. The van der Waals surface area contributed by atoms with E-state index in [-0.39, 0.29) is 11.7 Å². The van der Waals surface area contributed by atoms with Crippen LogP contribution in [0.15, 0.2) is 46.0 Å². The molecule has 5 nitrogen and oxygen atoms in total. The van der Waals surface area contributed by atoms with Crippen molar-refractivity contribution in [2.75, 3.05) is 11.1 Å². The summed E-state index contributed by atoms with van der Waals surface area (Å²) in [5.41, 5.74) is 5.20. The van der Waals surface area contributed by atoms with Crippen molar-refractivity contribution in [3.63, 3.8) is 0 Å². The molecule has 2 aromatic carbocycles. The SMILES string of the molecule is Cc1cccc(-c2nnc(SCC(=O)Nc3ccc(Br)c(C)c3C)n2C)c1. The van der Waals surface area contributed by atoms with Crippen LogP contribution in [0.4, 0.5) is 5.69 Å². The number of carbonyl (C=O) groups is 1. The third-order valence-electron chi connectivity index (χ3n) is 4.44. The van der Waals surface area contributed by atoms with Crippen molar-refractivity contribution in [1.82, 2.24) is 14.8 Å². The van der Waals surface area contributed by atoms with Gasteiger partial charge in [-0.3, -0.25) is 4.79 Å². The molecule has 0 unspecified atom stereocenters. The summed E-state index contributed by atoms with van der Waals surface area (Å²) in [6.07, 6.45) is 0. The molecule has 7 heteroatoms. The number of amides is 1. The van der Waals surface area contributed by atoms with Crippen LogP contribution in [0.1, 0.15) is 16.7 Å². The first-order valence-corrected chi connectivity index (χ1v) is 10.3. The average Bonchev–Trinajstić information content (AvgIpc) is 3.01. The zero-order valence-electron chi connectivity index (χ0n) is 15.7. The molecule has 0 aliphatic rings. The molecule has 0 radical (unpaired) electrons. The Morgan fingerprint density at radius 3 is 2.67 bits per heavy atom. The lowest BCUT2D eigenvalue weighted by Gasteiger charge is -2.11. The summed E-state index contributed by atoms with van der Waals surface area (Å²) >= 11 is 4.88. The quantitative estimate of drug-likeness (QED) is 0.568. The van der Waals surface area contributed by atoms with E-state index in [9.17, 15) is 4.79 Å². The van der Waals surface area contributed by atoms with E-state index < -0.39 is 0 Å². The minimum Gasteiger partial charge on any atom is -0.325 e. The van der Waals surface area contributed by atoms with Crippen LogP contribution in [0.5, 0.6) is 0 Å². The Balaban J connectivity index is 1.67. The van der Waals surface area contributed by atoms with Crippen LogP contribution in [-0.4, -0.2) is 26.4 Å². The van der Waals surface area contributed by atoms with Gasteiger partial charge in [0, 0.05) is 22.8 Å². The molecule has 0 spiro atoms. The first kappa shape index (κ1) is 19.6. The third-order valence-corrected chi connectivity index (χ3v) is 6.32. The van der Waals surface area contributed by atoms with Crippen molar-refractivity contribution in [2.24, 2.45) is 7.05 Å². The van der Waals surface area contributed by atoms with Gasteiger partial charge in [0.05, 0.1) is 5.75 Å². The highest BCUT2D eigenvalue weighted by atomic mass is 79.9. The molecule has 1 heterocycles. The zero-order chi connectivity index (χ0) is 19.6. The standard InChI is InChI=1S/C20H21BrN4OS/c1-12-6-5-7-15(10-12)19-23-24-20(25(19)4)27-11-18(26)22-17-9-8-16(21)13(2)14(17)3/h5-10H,11H2,1-4H3,(H,22,26). The monoisotopic (exact) mass is 444 g/mol. The van der Waals surface area contributed by atoms with Gasteiger partial charge >= 0.3 is 0 Å². The normalized spacial score (nSPS) is 10.9. The van der Waals surface area contributed by atoms with Crippen molar-refractivity contribution in [1.29, 1.82) is 0 Å². The second kappa shape index (κ2) is 8.27. The predicted molar refractivity (Wildman–Crippen MR) is 114 cm³/mol. The van der Waals surface area contributed by atoms with Crippen LogP contribution in [0, 0.1) is 20.8 Å². The number of hydrogen-bond acceptors (Lipinski definition) is 4.